The molecule has 1 atom stereocenters. The summed E-state index contributed by atoms with van der Waals surface area (Å²) in [5.41, 5.74) is 3.75. The van der Waals surface area contributed by atoms with Gasteiger partial charge in [0.25, 0.3) is 0 Å². The molecular formula is C26H26N4O5. The first kappa shape index (κ1) is 22.6. The van der Waals surface area contributed by atoms with Crippen molar-refractivity contribution in [2.45, 2.75) is 43.2 Å². The number of alkyl carbamates (subject to hydrolysis) is 1. The fourth-order valence-corrected chi connectivity index (χ4v) is 4.85. The maximum Gasteiger partial charge on any atom is 0.407 e. The Morgan fingerprint density at radius 3 is 2.29 bits per heavy atom. The second-order valence-electron chi connectivity index (χ2n) is 9.03. The standard InChI is InChI=1S/C26H26N4O5/c31-23(30-26(24(32)33)10-5-11-26)22(12-16-13-27-15-28-16)29-25(34)35-14-21-19-8-3-1-6-17(19)18-7-2-4-9-20(18)21/h1-4,6-9,13,15,21-22H,5,10-12,14H2,(H,27,28)(H,29,34)(H,30,31)(H,32,33)/t22-/m0/s1. The Morgan fingerprint density at radius 1 is 1.09 bits per heavy atom. The second-order valence-corrected chi connectivity index (χ2v) is 9.03. The number of carbonyl (C=O) groups excluding carboxylic acids is 2. The Kier molecular flexibility index (Phi) is 5.98. The number of nitrogens with one attached hydrogen (secondary N) is 3. The summed E-state index contributed by atoms with van der Waals surface area (Å²) >= 11 is 0. The Balaban J connectivity index is 1.28. The van der Waals surface area contributed by atoms with Gasteiger partial charge in [-0.25, -0.2) is 14.6 Å². The van der Waals surface area contributed by atoms with Crippen molar-refractivity contribution in [1.29, 1.82) is 0 Å². The molecule has 3 aromatic rings. The van der Waals surface area contributed by atoms with Crippen LogP contribution in [0.15, 0.2) is 61.1 Å². The maximum atomic E-state index is 13.0. The zero-order valence-corrected chi connectivity index (χ0v) is 19.0. The molecule has 1 heterocycles. The number of fused-ring (bicyclic) bond motifs is 3. The molecule has 0 bridgehead atoms. The fourth-order valence-electron chi connectivity index (χ4n) is 4.85. The van der Waals surface area contributed by atoms with E-state index in [0.29, 0.717) is 18.5 Å². The molecule has 4 N–H and O–H groups in total. The minimum absolute atomic E-state index is 0.108. The first-order chi connectivity index (χ1) is 17.0. The summed E-state index contributed by atoms with van der Waals surface area (Å²) in [6.45, 7) is 0.108. The van der Waals surface area contributed by atoms with Crippen molar-refractivity contribution >= 4 is 18.0 Å². The van der Waals surface area contributed by atoms with E-state index < -0.39 is 29.6 Å². The molecule has 0 spiro atoms. The van der Waals surface area contributed by atoms with Gasteiger partial charge in [0.1, 0.15) is 18.2 Å². The lowest BCUT2D eigenvalue weighted by Gasteiger charge is -2.39. The summed E-state index contributed by atoms with van der Waals surface area (Å²) in [6.07, 6.45) is 3.83. The third kappa shape index (κ3) is 4.37. The molecule has 2 aliphatic carbocycles. The van der Waals surface area contributed by atoms with Crippen molar-refractivity contribution in [3.63, 3.8) is 0 Å². The van der Waals surface area contributed by atoms with Crippen LogP contribution in [0.25, 0.3) is 11.1 Å². The molecule has 2 amide bonds. The maximum absolute atomic E-state index is 13.0. The number of ether oxygens (including phenoxy) is 1. The molecule has 0 unspecified atom stereocenters. The van der Waals surface area contributed by atoms with Crippen LogP contribution in [0.4, 0.5) is 4.79 Å². The van der Waals surface area contributed by atoms with Gasteiger partial charge in [0.05, 0.1) is 6.33 Å². The molecule has 5 rings (SSSR count). The van der Waals surface area contributed by atoms with E-state index in [9.17, 15) is 19.5 Å². The number of aliphatic carboxylic acids is 1. The lowest BCUT2D eigenvalue weighted by Crippen LogP contribution is -2.63. The first-order valence-corrected chi connectivity index (χ1v) is 11.6. The van der Waals surface area contributed by atoms with Crippen molar-refractivity contribution in [3.8, 4) is 11.1 Å². The zero-order valence-electron chi connectivity index (χ0n) is 19.0. The van der Waals surface area contributed by atoms with Crippen LogP contribution in [0.1, 0.15) is 42.0 Å². The predicted molar refractivity (Wildman–Crippen MR) is 127 cm³/mol. The lowest BCUT2D eigenvalue weighted by molar-refractivity contribution is -0.152. The molecule has 2 aromatic carbocycles. The van der Waals surface area contributed by atoms with Crippen molar-refractivity contribution in [2.75, 3.05) is 6.61 Å². The molecule has 1 saturated carbocycles. The SMILES string of the molecule is O=C(N[C@@H](Cc1cnc[nH]1)C(=O)NC1(C(=O)O)CCC1)OCC1c2ccccc2-c2ccccc21. The van der Waals surface area contributed by atoms with Gasteiger partial charge in [0.2, 0.25) is 5.91 Å². The van der Waals surface area contributed by atoms with Crippen LogP contribution in [0, 0.1) is 0 Å². The summed E-state index contributed by atoms with van der Waals surface area (Å²) in [7, 11) is 0. The van der Waals surface area contributed by atoms with Gasteiger partial charge in [-0.05, 0) is 41.5 Å². The number of carboxylic acids is 1. The summed E-state index contributed by atoms with van der Waals surface area (Å²) in [5, 5.41) is 14.8. The number of benzene rings is 2. The summed E-state index contributed by atoms with van der Waals surface area (Å²) in [5.74, 6) is -1.76. The van der Waals surface area contributed by atoms with E-state index in [4.69, 9.17) is 4.74 Å². The Bertz CT molecular complexity index is 1210. The number of hydrogen-bond acceptors (Lipinski definition) is 5. The average Bonchev–Trinajstić information content (AvgIpc) is 3.45. The van der Waals surface area contributed by atoms with Gasteiger partial charge in [-0.2, -0.15) is 0 Å². The predicted octanol–water partition coefficient (Wildman–Crippen LogP) is 2.98. The molecule has 0 saturated heterocycles. The highest BCUT2D eigenvalue weighted by atomic mass is 16.5. The van der Waals surface area contributed by atoms with Crippen LogP contribution < -0.4 is 10.6 Å². The highest BCUT2D eigenvalue weighted by Gasteiger charge is 2.46. The highest BCUT2D eigenvalue weighted by molar-refractivity contribution is 5.92. The van der Waals surface area contributed by atoms with Gasteiger partial charge in [-0.3, -0.25) is 4.79 Å². The molecule has 9 nitrogen and oxygen atoms in total. The third-order valence-corrected chi connectivity index (χ3v) is 6.91. The summed E-state index contributed by atoms with van der Waals surface area (Å²) in [4.78, 5) is 44.4. The van der Waals surface area contributed by atoms with E-state index in [0.717, 1.165) is 28.7 Å². The summed E-state index contributed by atoms with van der Waals surface area (Å²) < 4.78 is 5.59. The highest BCUT2D eigenvalue weighted by Crippen LogP contribution is 2.44. The minimum Gasteiger partial charge on any atom is -0.480 e. The van der Waals surface area contributed by atoms with Crippen molar-refractivity contribution in [2.24, 2.45) is 0 Å². The number of amides is 2. The second kappa shape index (κ2) is 9.25. The number of aromatic nitrogens is 2. The third-order valence-electron chi connectivity index (χ3n) is 6.91. The van der Waals surface area contributed by atoms with Gasteiger partial charge >= 0.3 is 12.1 Å². The van der Waals surface area contributed by atoms with E-state index in [1.165, 1.54) is 6.33 Å². The van der Waals surface area contributed by atoms with E-state index in [1.807, 2.05) is 36.4 Å². The molecule has 9 heteroatoms. The zero-order chi connectivity index (χ0) is 24.4. The van der Waals surface area contributed by atoms with E-state index in [-0.39, 0.29) is 18.9 Å². The monoisotopic (exact) mass is 474 g/mol. The fraction of sp³-hybridized carbons (Fsp3) is 0.308. The minimum atomic E-state index is -1.29. The average molecular weight is 475 g/mol. The number of aromatic amines is 1. The van der Waals surface area contributed by atoms with Crippen molar-refractivity contribution in [3.05, 3.63) is 77.9 Å². The molecule has 2 aliphatic rings. The van der Waals surface area contributed by atoms with Gasteiger partial charge in [-0.15, -0.1) is 0 Å². The number of rotatable bonds is 8. The largest absolute Gasteiger partial charge is 0.480 e. The lowest BCUT2D eigenvalue weighted by atomic mass is 9.76. The number of carboxylic acid groups (broad SMARTS) is 1. The smallest absolute Gasteiger partial charge is 0.407 e. The number of carbonyl (C=O) groups is 3. The van der Waals surface area contributed by atoms with Crippen molar-refractivity contribution < 1.29 is 24.2 Å². The van der Waals surface area contributed by atoms with Crippen LogP contribution >= 0.6 is 0 Å². The van der Waals surface area contributed by atoms with E-state index in [2.05, 4.69) is 32.7 Å². The molecule has 1 fully saturated rings. The van der Waals surface area contributed by atoms with Crippen LogP contribution in [0.3, 0.4) is 0 Å². The van der Waals surface area contributed by atoms with Gasteiger partial charge in [0, 0.05) is 24.2 Å². The molecule has 35 heavy (non-hydrogen) atoms. The van der Waals surface area contributed by atoms with Gasteiger partial charge in [-0.1, -0.05) is 48.5 Å². The van der Waals surface area contributed by atoms with Gasteiger partial charge in [0.15, 0.2) is 0 Å². The Morgan fingerprint density at radius 2 is 1.74 bits per heavy atom. The van der Waals surface area contributed by atoms with Crippen LogP contribution in [0.5, 0.6) is 0 Å². The topological polar surface area (TPSA) is 133 Å². The Labute approximate surface area is 201 Å². The molecule has 1 aromatic heterocycles. The molecule has 0 radical (unpaired) electrons. The number of H-pyrrole nitrogens is 1. The quantitative estimate of drug-likeness (QED) is 0.397. The van der Waals surface area contributed by atoms with Crippen LogP contribution in [-0.2, 0) is 20.7 Å². The first-order valence-electron chi connectivity index (χ1n) is 11.6. The number of imidazole rings is 1. The van der Waals surface area contributed by atoms with E-state index >= 15 is 0 Å². The van der Waals surface area contributed by atoms with Crippen molar-refractivity contribution in [1.82, 2.24) is 20.6 Å². The summed E-state index contributed by atoms with van der Waals surface area (Å²) in [6, 6.07) is 15.0. The normalized spacial score (nSPS) is 16.3. The Hall–Kier alpha value is -4.14. The van der Waals surface area contributed by atoms with E-state index in [1.54, 1.807) is 6.20 Å². The van der Waals surface area contributed by atoms with Gasteiger partial charge < -0.3 is 25.5 Å². The number of nitrogens with zero attached hydrogens (tertiary/aromatic N) is 1. The molecule has 180 valence electrons. The van der Waals surface area contributed by atoms with Crippen LogP contribution in [0.2, 0.25) is 0 Å². The number of hydrogen-bond donors (Lipinski definition) is 4. The molecular weight excluding hydrogens is 448 g/mol. The van der Waals surface area contributed by atoms with Crippen LogP contribution in [-0.4, -0.2) is 51.2 Å². The molecule has 0 aliphatic heterocycles.